The summed E-state index contributed by atoms with van der Waals surface area (Å²) in [6, 6.07) is 0. The van der Waals surface area contributed by atoms with Gasteiger partial charge in [-0.2, -0.15) is 5.10 Å². The SMILES string of the molecule is Cc1nn(C)c(N2CCOCC2)c1C(=N)N. The van der Waals surface area contributed by atoms with E-state index < -0.39 is 0 Å². The first-order chi connectivity index (χ1) is 7.61. The van der Waals surface area contributed by atoms with E-state index in [2.05, 4.69) is 10.00 Å². The fourth-order valence-corrected chi connectivity index (χ4v) is 2.10. The van der Waals surface area contributed by atoms with Gasteiger partial charge in [-0.05, 0) is 6.92 Å². The number of aryl methyl sites for hydroxylation is 2. The lowest BCUT2D eigenvalue weighted by Crippen LogP contribution is -2.38. The van der Waals surface area contributed by atoms with Crippen molar-refractivity contribution in [2.24, 2.45) is 12.8 Å². The average Bonchev–Trinajstić information content (AvgIpc) is 2.55. The molecule has 2 heterocycles. The summed E-state index contributed by atoms with van der Waals surface area (Å²) in [6.07, 6.45) is 0. The van der Waals surface area contributed by atoms with Crippen LogP contribution in [0.15, 0.2) is 0 Å². The third-order valence-electron chi connectivity index (χ3n) is 2.77. The number of rotatable bonds is 2. The number of nitrogens with two attached hydrogens (primary N) is 1. The first-order valence-corrected chi connectivity index (χ1v) is 5.32. The van der Waals surface area contributed by atoms with Gasteiger partial charge in [-0.3, -0.25) is 10.1 Å². The molecule has 6 nitrogen and oxygen atoms in total. The van der Waals surface area contributed by atoms with Crippen LogP contribution in [0.4, 0.5) is 5.82 Å². The Morgan fingerprint density at radius 1 is 1.44 bits per heavy atom. The summed E-state index contributed by atoms with van der Waals surface area (Å²) in [5, 5.41) is 11.9. The van der Waals surface area contributed by atoms with Crippen molar-refractivity contribution >= 4 is 11.7 Å². The van der Waals surface area contributed by atoms with Crippen LogP contribution in [0.2, 0.25) is 0 Å². The van der Waals surface area contributed by atoms with Crippen molar-refractivity contribution in [1.29, 1.82) is 5.41 Å². The van der Waals surface area contributed by atoms with Crippen molar-refractivity contribution in [1.82, 2.24) is 9.78 Å². The Balaban J connectivity index is 2.41. The lowest BCUT2D eigenvalue weighted by Gasteiger charge is -2.29. The number of hydrogen-bond acceptors (Lipinski definition) is 4. The van der Waals surface area contributed by atoms with Crippen molar-refractivity contribution in [3.05, 3.63) is 11.3 Å². The van der Waals surface area contributed by atoms with Crippen LogP contribution in [0.1, 0.15) is 11.3 Å². The van der Waals surface area contributed by atoms with Gasteiger partial charge in [0.2, 0.25) is 0 Å². The van der Waals surface area contributed by atoms with Gasteiger partial charge in [-0.1, -0.05) is 0 Å². The van der Waals surface area contributed by atoms with Crippen molar-refractivity contribution in [2.75, 3.05) is 31.2 Å². The van der Waals surface area contributed by atoms with E-state index in [4.69, 9.17) is 15.9 Å². The zero-order valence-electron chi connectivity index (χ0n) is 9.66. The molecule has 3 N–H and O–H groups in total. The average molecular weight is 223 g/mol. The van der Waals surface area contributed by atoms with Crippen LogP contribution in [0, 0.1) is 12.3 Å². The smallest absolute Gasteiger partial charge is 0.138 e. The van der Waals surface area contributed by atoms with Crippen molar-refractivity contribution in [3.63, 3.8) is 0 Å². The van der Waals surface area contributed by atoms with Crippen molar-refractivity contribution in [2.45, 2.75) is 6.92 Å². The number of morpholine rings is 1. The second-order valence-corrected chi connectivity index (χ2v) is 3.92. The fraction of sp³-hybridized carbons (Fsp3) is 0.600. The summed E-state index contributed by atoms with van der Waals surface area (Å²) < 4.78 is 7.10. The predicted octanol–water partition coefficient (Wildman–Crippen LogP) is -0.151. The highest BCUT2D eigenvalue weighted by atomic mass is 16.5. The van der Waals surface area contributed by atoms with Crippen LogP contribution in [0.3, 0.4) is 0 Å². The zero-order chi connectivity index (χ0) is 11.7. The van der Waals surface area contributed by atoms with E-state index in [9.17, 15) is 0 Å². The Morgan fingerprint density at radius 3 is 2.62 bits per heavy atom. The van der Waals surface area contributed by atoms with Gasteiger partial charge in [-0.15, -0.1) is 0 Å². The second-order valence-electron chi connectivity index (χ2n) is 3.92. The molecule has 6 heteroatoms. The minimum atomic E-state index is 0.0760. The molecule has 0 unspecified atom stereocenters. The minimum Gasteiger partial charge on any atom is -0.384 e. The third-order valence-corrected chi connectivity index (χ3v) is 2.77. The Hall–Kier alpha value is -1.56. The lowest BCUT2D eigenvalue weighted by molar-refractivity contribution is 0.122. The highest BCUT2D eigenvalue weighted by Crippen LogP contribution is 2.23. The Bertz CT molecular complexity index is 406. The molecule has 16 heavy (non-hydrogen) atoms. The first-order valence-electron chi connectivity index (χ1n) is 5.32. The maximum Gasteiger partial charge on any atom is 0.138 e. The summed E-state index contributed by atoms with van der Waals surface area (Å²) in [6.45, 7) is 4.93. The van der Waals surface area contributed by atoms with E-state index >= 15 is 0 Å². The molecule has 0 bridgehead atoms. The number of aromatic nitrogens is 2. The van der Waals surface area contributed by atoms with Crippen LogP contribution >= 0.6 is 0 Å². The summed E-state index contributed by atoms with van der Waals surface area (Å²) in [7, 11) is 1.88. The van der Waals surface area contributed by atoms with E-state index in [0.717, 1.165) is 30.2 Å². The molecule has 0 amide bonds. The summed E-state index contributed by atoms with van der Waals surface area (Å²) >= 11 is 0. The number of ether oxygens (including phenoxy) is 1. The highest BCUT2D eigenvalue weighted by molar-refractivity contribution is 6.00. The predicted molar refractivity (Wildman–Crippen MR) is 62.0 cm³/mol. The van der Waals surface area contributed by atoms with Gasteiger partial charge in [-0.25, -0.2) is 0 Å². The molecule has 1 fully saturated rings. The van der Waals surface area contributed by atoms with Gasteiger partial charge in [0.1, 0.15) is 11.7 Å². The van der Waals surface area contributed by atoms with Crippen LogP contribution in [0.5, 0.6) is 0 Å². The second kappa shape index (κ2) is 4.13. The molecule has 88 valence electrons. The molecule has 1 aliphatic heterocycles. The molecular weight excluding hydrogens is 206 g/mol. The monoisotopic (exact) mass is 223 g/mol. The Morgan fingerprint density at radius 2 is 2.06 bits per heavy atom. The maximum absolute atomic E-state index is 7.62. The number of hydrogen-bond donors (Lipinski definition) is 2. The van der Waals surface area contributed by atoms with Gasteiger partial charge >= 0.3 is 0 Å². The first kappa shape index (κ1) is 10.9. The van der Waals surface area contributed by atoms with Crippen LogP contribution in [0.25, 0.3) is 0 Å². The number of nitrogens with zero attached hydrogens (tertiary/aromatic N) is 3. The fourth-order valence-electron chi connectivity index (χ4n) is 2.10. The van der Waals surface area contributed by atoms with E-state index in [-0.39, 0.29) is 5.84 Å². The van der Waals surface area contributed by atoms with Gasteiger partial charge in [0, 0.05) is 20.1 Å². The zero-order valence-corrected chi connectivity index (χ0v) is 9.66. The summed E-state index contributed by atoms with van der Waals surface area (Å²) in [5.74, 6) is 1.00. The molecule has 1 aromatic heterocycles. The Kier molecular flexibility index (Phi) is 2.82. The van der Waals surface area contributed by atoms with Crippen LogP contribution in [-0.2, 0) is 11.8 Å². The van der Waals surface area contributed by atoms with Gasteiger partial charge < -0.3 is 15.4 Å². The van der Waals surface area contributed by atoms with Gasteiger partial charge in [0.25, 0.3) is 0 Å². The molecule has 0 saturated carbocycles. The molecule has 0 aliphatic carbocycles. The van der Waals surface area contributed by atoms with E-state index in [1.807, 2.05) is 14.0 Å². The standard InChI is InChI=1S/C10H17N5O/c1-7-8(9(11)12)10(14(2)13-7)15-3-5-16-6-4-15/h3-6H2,1-2H3,(H3,11,12). The lowest BCUT2D eigenvalue weighted by atomic mass is 10.2. The topological polar surface area (TPSA) is 80.2 Å². The normalized spacial score (nSPS) is 16.5. The third kappa shape index (κ3) is 1.76. The number of amidine groups is 1. The molecule has 2 rings (SSSR count). The number of nitrogens with one attached hydrogen (secondary N) is 1. The quantitative estimate of drug-likeness (QED) is 0.539. The molecule has 1 aromatic rings. The maximum atomic E-state index is 7.62. The molecule has 0 atom stereocenters. The molecule has 0 aromatic carbocycles. The molecular formula is C10H17N5O. The minimum absolute atomic E-state index is 0.0760. The number of anilines is 1. The molecule has 1 saturated heterocycles. The van der Waals surface area contributed by atoms with E-state index in [1.165, 1.54) is 0 Å². The van der Waals surface area contributed by atoms with E-state index in [0.29, 0.717) is 13.2 Å². The van der Waals surface area contributed by atoms with Gasteiger partial charge in [0.15, 0.2) is 0 Å². The van der Waals surface area contributed by atoms with Gasteiger partial charge in [0.05, 0.1) is 24.5 Å². The summed E-state index contributed by atoms with van der Waals surface area (Å²) in [4.78, 5) is 2.17. The Labute approximate surface area is 94.5 Å². The molecule has 0 spiro atoms. The van der Waals surface area contributed by atoms with Crippen LogP contribution < -0.4 is 10.6 Å². The molecule has 1 aliphatic rings. The number of nitrogen functional groups attached to an aromatic ring is 1. The van der Waals surface area contributed by atoms with Crippen molar-refractivity contribution in [3.8, 4) is 0 Å². The summed E-state index contributed by atoms with van der Waals surface area (Å²) in [5.41, 5.74) is 7.15. The van der Waals surface area contributed by atoms with E-state index in [1.54, 1.807) is 4.68 Å². The largest absolute Gasteiger partial charge is 0.384 e. The highest BCUT2D eigenvalue weighted by Gasteiger charge is 2.22. The van der Waals surface area contributed by atoms with Crippen LogP contribution in [-0.4, -0.2) is 41.9 Å². The molecule has 0 radical (unpaired) electrons. The van der Waals surface area contributed by atoms with Crippen molar-refractivity contribution < 1.29 is 4.74 Å².